The topological polar surface area (TPSA) is 38.3 Å². The van der Waals surface area contributed by atoms with Gasteiger partial charge in [0.15, 0.2) is 0 Å². The SMILES string of the molecule is COC(=O)c1ccc(CNCC23CC4CC(CC(C4)C2)C3)c(C)c1. The first-order valence-corrected chi connectivity index (χ1v) is 9.45. The lowest BCUT2D eigenvalue weighted by atomic mass is 9.49. The molecule has 0 saturated heterocycles. The Morgan fingerprint density at radius 3 is 2.33 bits per heavy atom. The fraction of sp³-hybridized carbons (Fsp3) is 0.667. The van der Waals surface area contributed by atoms with Gasteiger partial charge in [-0.25, -0.2) is 4.79 Å². The Kier molecular flexibility index (Phi) is 4.16. The van der Waals surface area contributed by atoms with Gasteiger partial charge in [-0.3, -0.25) is 0 Å². The predicted octanol–water partition coefficient (Wildman–Crippen LogP) is 4.09. The normalized spacial score (nSPS) is 33.7. The molecule has 4 fully saturated rings. The standard InChI is InChI=1S/C21H29NO2/c1-14-5-18(20(23)24-2)3-4-19(14)12-22-13-21-9-15-6-16(10-21)8-17(7-15)11-21/h3-5,15-17,22H,6-13H2,1-2H3. The van der Waals surface area contributed by atoms with Crippen molar-refractivity contribution in [3.05, 3.63) is 34.9 Å². The summed E-state index contributed by atoms with van der Waals surface area (Å²) in [5.41, 5.74) is 3.66. The van der Waals surface area contributed by atoms with Crippen LogP contribution in [0.25, 0.3) is 0 Å². The summed E-state index contributed by atoms with van der Waals surface area (Å²) >= 11 is 0. The Morgan fingerprint density at radius 2 is 1.79 bits per heavy atom. The number of hydrogen-bond acceptors (Lipinski definition) is 3. The van der Waals surface area contributed by atoms with Crippen LogP contribution in [0, 0.1) is 30.1 Å². The summed E-state index contributed by atoms with van der Waals surface area (Å²) in [4.78, 5) is 11.6. The summed E-state index contributed by atoms with van der Waals surface area (Å²) < 4.78 is 4.80. The number of carbonyl (C=O) groups is 1. The van der Waals surface area contributed by atoms with Gasteiger partial charge in [0, 0.05) is 13.1 Å². The minimum absolute atomic E-state index is 0.258. The van der Waals surface area contributed by atoms with Crippen LogP contribution in [0.2, 0.25) is 0 Å². The maximum Gasteiger partial charge on any atom is 0.337 e. The van der Waals surface area contributed by atoms with Crippen molar-refractivity contribution in [2.24, 2.45) is 23.2 Å². The molecule has 0 amide bonds. The maximum atomic E-state index is 11.6. The molecule has 0 radical (unpaired) electrons. The molecule has 0 spiro atoms. The lowest BCUT2D eigenvalue weighted by Gasteiger charge is -2.57. The van der Waals surface area contributed by atoms with Crippen molar-refractivity contribution in [1.82, 2.24) is 5.32 Å². The molecule has 1 aromatic carbocycles. The highest BCUT2D eigenvalue weighted by Crippen LogP contribution is 2.59. The van der Waals surface area contributed by atoms with Crippen LogP contribution in [0.3, 0.4) is 0 Å². The molecule has 3 nitrogen and oxygen atoms in total. The van der Waals surface area contributed by atoms with E-state index in [0.717, 1.165) is 36.4 Å². The lowest BCUT2D eigenvalue weighted by molar-refractivity contribution is -0.0514. The van der Waals surface area contributed by atoms with Crippen molar-refractivity contribution in [2.75, 3.05) is 13.7 Å². The summed E-state index contributed by atoms with van der Waals surface area (Å²) in [7, 11) is 1.43. The van der Waals surface area contributed by atoms with Gasteiger partial charge in [-0.15, -0.1) is 0 Å². The van der Waals surface area contributed by atoms with E-state index in [4.69, 9.17) is 4.74 Å². The Labute approximate surface area is 145 Å². The fourth-order valence-corrected chi connectivity index (χ4v) is 6.11. The van der Waals surface area contributed by atoms with E-state index in [0.29, 0.717) is 11.0 Å². The predicted molar refractivity (Wildman–Crippen MR) is 94.8 cm³/mol. The molecule has 0 unspecified atom stereocenters. The van der Waals surface area contributed by atoms with Crippen LogP contribution < -0.4 is 5.32 Å². The van der Waals surface area contributed by atoms with E-state index in [9.17, 15) is 4.79 Å². The van der Waals surface area contributed by atoms with E-state index in [1.165, 1.54) is 51.2 Å². The molecule has 4 saturated carbocycles. The van der Waals surface area contributed by atoms with E-state index >= 15 is 0 Å². The van der Waals surface area contributed by atoms with E-state index in [1.807, 2.05) is 12.1 Å². The number of esters is 1. The molecule has 130 valence electrons. The van der Waals surface area contributed by atoms with Gasteiger partial charge in [0.05, 0.1) is 12.7 Å². The van der Waals surface area contributed by atoms with Crippen molar-refractivity contribution < 1.29 is 9.53 Å². The molecule has 0 heterocycles. The van der Waals surface area contributed by atoms with Gasteiger partial charge in [-0.2, -0.15) is 0 Å². The van der Waals surface area contributed by atoms with Crippen molar-refractivity contribution in [3.8, 4) is 0 Å². The number of carbonyl (C=O) groups excluding carboxylic acids is 1. The Hall–Kier alpha value is -1.35. The molecule has 4 aliphatic rings. The number of ether oxygens (including phenoxy) is 1. The van der Waals surface area contributed by atoms with Gasteiger partial charge >= 0.3 is 5.97 Å². The van der Waals surface area contributed by atoms with Gasteiger partial charge < -0.3 is 10.1 Å². The average Bonchev–Trinajstić information content (AvgIpc) is 2.54. The molecule has 5 rings (SSSR count). The van der Waals surface area contributed by atoms with Gasteiger partial charge in [-0.05, 0) is 91.9 Å². The highest BCUT2D eigenvalue weighted by Gasteiger charge is 2.50. The monoisotopic (exact) mass is 327 g/mol. The zero-order valence-corrected chi connectivity index (χ0v) is 14.9. The minimum Gasteiger partial charge on any atom is -0.465 e. The smallest absolute Gasteiger partial charge is 0.337 e. The third-order valence-corrected chi connectivity index (χ3v) is 6.74. The highest BCUT2D eigenvalue weighted by atomic mass is 16.5. The van der Waals surface area contributed by atoms with E-state index < -0.39 is 0 Å². The Bertz CT molecular complexity index is 601. The van der Waals surface area contributed by atoms with E-state index in [2.05, 4.69) is 18.3 Å². The molecule has 3 heteroatoms. The van der Waals surface area contributed by atoms with Gasteiger partial charge in [0.1, 0.15) is 0 Å². The molecule has 0 atom stereocenters. The third kappa shape index (κ3) is 2.99. The zero-order chi connectivity index (χ0) is 16.7. The maximum absolute atomic E-state index is 11.6. The summed E-state index contributed by atoms with van der Waals surface area (Å²) in [5.74, 6) is 2.78. The molecule has 0 aromatic heterocycles. The summed E-state index contributed by atoms with van der Waals surface area (Å²) in [6, 6.07) is 5.88. The summed E-state index contributed by atoms with van der Waals surface area (Å²) in [6.45, 7) is 4.14. The zero-order valence-electron chi connectivity index (χ0n) is 14.9. The molecular formula is C21H29NO2. The summed E-state index contributed by atoms with van der Waals surface area (Å²) in [5, 5.41) is 3.75. The Morgan fingerprint density at radius 1 is 1.17 bits per heavy atom. The summed E-state index contributed by atoms with van der Waals surface area (Å²) in [6.07, 6.45) is 8.87. The largest absolute Gasteiger partial charge is 0.465 e. The van der Waals surface area contributed by atoms with Crippen LogP contribution in [0.1, 0.15) is 60.0 Å². The molecule has 4 bridgehead atoms. The van der Waals surface area contributed by atoms with Gasteiger partial charge in [0.25, 0.3) is 0 Å². The molecular weight excluding hydrogens is 298 g/mol. The van der Waals surface area contributed by atoms with Gasteiger partial charge in [-0.1, -0.05) is 6.07 Å². The van der Waals surface area contributed by atoms with Crippen LogP contribution in [0.15, 0.2) is 18.2 Å². The first kappa shape index (κ1) is 16.1. The second kappa shape index (κ2) is 6.18. The van der Waals surface area contributed by atoms with Crippen LogP contribution in [0.5, 0.6) is 0 Å². The second-order valence-electron chi connectivity index (χ2n) is 8.65. The van der Waals surface area contributed by atoms with Crippen LogP contribution in [0.4, 0.5) is 0 Å². The Balaban J connectivity index is 1.37. The van der Waals surface area contributed by atoms with Crippen molar-refractivity contribution in [3.63, 3.8) is 0 Å². The number of benzene rings is 1. The first-order valence-electron chi connectivity index (χ1n) is 9.45. The number of methoxy groups -OCH3 is 1. The number of rotatable bonds is 5. The van der Waals surface area contributed by atoms with Crippen LogP contribution in [-0.2, 0) is 11.3 Å². The number of hydrogen-bond donors (Lipinski definition) is 1. The molecule has 0 aliphatic heterocycles. The van der Waals surface area contributed by atoms with Crippen molar-refractivity contribution in [1.29, 1.82) is 0 Å². The van der Waals surface area contributed by atoms with E-state index in [1.54, 1.807) is 0 Å². The van der Waals surface area contributed by atoms with Crippen molar-refractivity contribution in [2.45, 2.75) is 52.0 Å². The molecule has 24 heavy (non-hydrogen) atoms. The highest BCUT2D eigenvalue weighted by molar-refractivity contribution is 5.89. The van der Waals surface area contributed by atoms with Gasteiger partial charge in [0.2, 0.25) is 0 Å². The average molecular weight is 327 g/mol. The fourth-order valence-electron chi connectivity index (χ4n) is 6.11. The lowest BCUT2D eigenvalue weighted by Crippen LogP contribution is -2.50. The minimum atomic E-state index is -0.258. The molecule has 1 aromatic rings. The van der Waals surface area contributed by atoms with Crippen LogP contribution in [-0.4, -0.2) is 19.6 Å². The number of nitrogens with one attached hydrogen (secondary N) is 1. The van der Waals surface area contributed by atoms with Crippen molar-refractivity contribution >= 4 is 5.97 Å². The number of aryl methyl sites for hydroxylation is 1. The van der Waals surface area contributed by atoms with E-state index in [-0.39, 0.29) is 5.97 Å². The first-order chi connectivity index (χ1) is 11.6. The van der Waals surface area contributed by atoms with Crippen LogP contribution >= 0.6 is 0 Å². The second-order valence-corrected chi connectivity index (χ2v) is 8.65. The quantitative estimate of drug-likeness (QED) is 0.828. The third-order valence-electron chi connectivity index (χ3n) is 6.74. The molecule has 4 aliphatic carbocycles. The molecule has 1 N–H and O–H groups in total.